The third-order valence-electron chi connectivity index (χ3n) is 3.61. The van der Waals surface area contributed by atoms with E-state index in [2.05, 4.69) is 19.2 Å². The summed E-state index contributed by atoms with van der Waals surface area (Å²) in [5, 5.41) is 14.1. The Kier molecular flexibility index (Phi) is 2.81. The zero-order chi connectivity index (χ0) is 12.6. The highest BCUT2D eigenvalue weighted by Gasteiger charge is 2.45. The van der Waals surface area contributed by atoms with E-state index in [9.17, 15) is 10.1 Å². The van der Waals surface area contributed by atoms with Gasteiger partial charge in [0.05, 0.1) is 4.92 Å². The van der Waals surface area contributed by atoms with Crippen LogP contribution in [0.3, 0.4) is 0 Å². The van der Waals surface area contributed by atoms with Gasteiger partial charge in [-0.25, -0.2) is 0 Å². The van der Waals surface area contributed by atoms with E-state index >= 15 is 0 Å². The smallest absolute Gasteiger partial charge is 0.292 e. The van der Waals surface area contributed by atoms with Crippen LogP contribution in [-0.4, -0.2) is 11.5 Å². The number of aryl methyl sites for hydroxylation is 1. The molecule has 1 aromatic carbocycles. The molecule has 4 nitrogen and oxygen atoms in total. The van der Waals surface area contributed by atoms with Crippen molar-refractivity contribution >= 4 is 11.4 Å². The van der Waals surface area contributed by atoms with Crippen molar-refractivity contribution in [2.24, 2.45) is 11.3 Å². The molecule has 2 rings (SSSR count). The van der Waals surface area contributed by atoms with Crippen LogP contribution in [0.25, 0.3) is 0 Å². The summed E-state index contributed by atoms with van der Waals surface area (Å²) in [6, 6.07) is 5.17. The van der Waals surface area contributed by atoms with E-state index < -0.39 is 0 Å². The van der Waals surface area contributed by atoms with Crippen molar-refractivity contribution in [1.29, 1.82) is 0 Å². The quantitative estimate of drug-likeness (QED) is 0.642. The Hall–Kier alpha value is -1.58. The number of benzene rings is 1. The largest absolute Gasteiger partial charge is 0.379 e. The van der Waals surface area contributed by atoms with Gasteiger partial charge in [0.2, 0.25) is 0 Å². The van der Waals surface area contributed by atoms with Crippen LogP contribution < -0.4 is 5.32 Å². The minimum absolute atomic E-state index is 0.161. The predicted octanol–water partition coefficient (Wildman–Crippen LogP) is 3.36. The van der Waals surface area contributed by atoms with Crippen LogP contribution in [-0.2, 0) is 0 Å². The van der Waals surface area contributed by atoms with Crippen molar-refractivity contribution in [3.63, 3.8) is 0 Å². The molecular formula is C13H18N2O2. The fourth-order valence-corrected chi connectivity index (χ4v) is 2.11. The zero-order valence-electron chi connectivity index (χ0n) is 10.5. The van der Waals surface area contributed by atoms with E-state index in [1.165, 1.54) is 6.42 Å². The normalized spacial score (nSPS) is 21.0. The maximum Gasteiger partial charge on any atom is 0.292 e. The van der Waals surface area contributed by atoms with Gasteiger partial charge in [-0.15, -0.1) is 0 Å². The van der Waals surface area contributed by atoms with Gasteiger partial charge in [-0.3, -0.25) is 10.1 Å². The lowest BCUT2D eigenvalue weighted by Crippen LogP contribution is -2.09. The number of rotatable bonds is 4. The van der Waals surface area contributed by atoms with Crippen LogP contribution in [0.5, 0.6) is 0 Å². The number of nitro benzene ring substituents is 1. The van der Waals surface area contributed by atoms with Crippen LogP contribution in [0, 0.1) is 28.4 Å². The van der Waals surface area contributed by atoms with Crippen molar-refractivity contribution in [1.82, 2.24) is 0 Å². The van der Waals surface area contributed by atoms with Gasteiger partial charge < -0.3 is 5.32 Å². The first-order chi connectivity index (χ1) is 7.90. The number of nitrogens with zero attached hydrogens (tertiary/aromatic N) is 1. The van der Waals surface area contributed by atoms with Crippen LogP contribution >= 0.6 is 0 Å². The molecule has 0 aromatic heterocycles. The Bertz CT molecular complexity index is 455. The van der Waals surface area contributed by atoms with Gasteiger partial charge in [-0.1, -0.05) is 19.9 Å². The lowest BCUT2D eigenvalue weighted by molar-refractivity contribution is -0.384. The second kappa shape index (κ2) is 4.02. The van der Waals surface area contributed by atoms with E-state index in [0.717, 1.165) is 12.1 Å². The van der Waals surface area contributed by atoms with Crippen molar-refractivity contribution in [2.45, 2.75) is 27.2 Å². The Labute approximate surface area is 101 Å². The van der Waals surface area contributed by atoms with Crippen molar-refractivity contribution in [3.05, 3.63) is 33.9 Å². The summed E-state index contributed by atoms with van der Waals surface area (Å²) in [5.41, 5.74) is 2.23. The number of hydrogen-bond donors (Lipinski definition) is 1. The van der Waals surface area contributed by atoms with Crippen molar-refractivity contribution < 1.29 is 4.92 Å². The second-order valence-electron chi connectivity index (χ2n) is 5.55. The molecule has 1 N–H and O–H groups in total. The molecular weight excluding hydrogens is 216 g/mol. The van der Waals surface area contributed by atoms with E-state index in [1.807, 2.05) is 13.0 Å². The molecule has 1 aliphatic carbocycles. The topological polar surface area (TPSA) is 55.2 Å². The summed E-state index contributed by atoms with van der Waals surface area (Å²) in [6.45, 7) is 7.21. The standard InChI is InChI=1S/C13H18N2O2/c1-9-4-5-12(15(16)17)11(6-9)14-8-10-7-13(10,2)3/h4-6,10,14H,7-8H2,1-3H3. The molecule has 0 saturated heterocycles. The first-order valence-electron chi connectivity index (χ1n) is 5.89. The van der Waals surface area contributed by atoms with Gasteiger partial charge >= 0.3 is 0 Å². The van der Waals surface area contributed by atoms with Crippen LogP contribution in [0.1, 0.15) is 25.8 Å². The van der Waals surface area contributed by atoms with Gasteiger partial charge in [0.25, 0.3) is 5.69 Å². The molecule has 17 heavy (non-hydrogen) atoms. The number of nitrogens with one attached hydrogen (secondary N) is 1. The molecule has 0 spiro atoms. The number of hydrogen-bond acceptors (Lipinski definition) is 3. The fraction of sp³-hybridized carbons (Fsp3) is 0.538. The highest BCUT2D eigenvalue weighted by molar-refractivity contribution is 5.62. The molecule has 0 heterocycles. The SMILES string of the molecule is Cc1ccc([N+](=O)[O-])c(NCC2CC2(C)C)c1. The predicted molar refractivity (Wildman–Crippen MR) is 68.2 cm³/mol. The molecule has 0 radical (unpaired) electrons. The average Bonchev–Trinajstić information content (AvgIpc) is 2.83. The molecule has 92 valence electrons. The van der Waals surface area contributed by atoms with E-state index in [0.29, 0.717) is 17.0 Å². The third kappa shape index (κ3) is 2.57. The highest BCUT2D eigenvalue weighted by atomic mass is 16.6. The minimum Gasteiger partial charge on any atom is -0.379 e. The van der Waals surface area contributed by atoms with Crippen molar-refractivity contribution in [2.75, 3.05) is 11.9 Å². The Morgan fingerprint density at radius 1 is 1.53 bits per heavy atom. The highest BCUT2D eigenvalue weighted by Crippen LogP contribution is 2.51. The Morgan fingerprint density at radius 2 is 2.18 bits per heavy atom. The summed E-state index contributed by atoms with van der Waals surface area (Å²) in [7, 11) is 0. The van der Waals surface area contributed by atoms with Gasteiger partial charge in [0, 0.05) is 12.6 Å². The molecule has 1 saturated carbocycles. The number of anilines is 1. The molecule has 1 aliphatic rings. The van der Waals surface area contributed by atoms with Gasteiger partial charge in [-0.2, -0.15) is 0 Å². The van der Waals surface area contributed by atoms with Crippen LogP contribution in [0.2, 0.25) is 0 Å². The molecule has 1 aromatic rings. The first-order valence-corrected chi connectivity index (χ1v) is 5.89. The maximum atomic E-state index is 10.9. The molecule has 0 aliphatic heterocycles. The Balaban J connectivity index is 2.09. The lowest BCUT2D eigenvalue weighted by Gasteiger charge is -2.09. The summed E-state index contributed by atoms with van der Waals surface area (Å²) < 4.78 is 0. The molecule has 1 atom stereocenters. The molecule has 0 bridgehead atoms. The third-order valence-corrected chi connectivity index (χ3v) is 3.61. The maximum absolute atomic E-state index is 10.9. The van der Waals surface area contributed by atoms with Crippen LogP contribution in [0.15, 0.2) is 18.2 Å². The van der Waals surface area contributed by atoms with E-state index in [4.69, 9.17) is 0 Å². The summed E-state index contributed by atoms with van der Waals surface area (Å²) >= 11 is 0. The van der Waals surface area contributed by atoms with Crippen LogP contribution in [0.4, 0.5) is 11.4 Å². The molecule has 4 heteroatoms. The average molecular weight is 234 g/mol. The fourth-order valence-electron chi connectivity index (χ4n) is 2.11. The Morgan fingerprint density at radius 3 is 2.71 bits per heavy atom. The summed E-state index contributed by atoms with van der Waals surface area (Å²) in [6.07, 6.45) is 1.19. The molecule has 1 unspecified atom stereocenters. The second-order valence-corrected chi connectivity index (χ2v) is 5.55. The minimum atomic E-state index is -0.334. The summed E-state index contributed by atoms with van der Waals surface area (Å²) in [5.74, 6) is 0.627. The van der Waals surface area contributed by atoms with E-state index in [-0.39, 0.29) is 10.6 Å². The molecule has 0 amide bonds. The van der Waals surface area contributed by atoms with Crippen molar-refractivity contribution in [3.8, 4) is 0 Å². The lowest BCUT2D eigenvalue weighted by atomic mass is 10.1. The van der Waals surface area contributed by atoms with Gasteiger partial charge in [0.15, 0.2) is 0 Å². The summed E-state index contributed by atoms with van der Waals surface area (Å²) in [4.78, 5) is 10.6. The number of nitro groups is 1. The first kappa shape index (κ1) is 11.9. The molecule has 1 fully saturated rings. The van der Waals surface area contributed by atoms with Gasteiger partial charge in [-0.05, 0) is 36.3 Å². The monoisotopic (exact) mass is 234 g/mol. The van der Waals surface area contributed by atoms with Gasteiger partial charge in [0.1, 0.15) is 5.69 Å². The van der Waals surface area contributed by atoms with E-state index in [1.54, 1.807) is 12.1 Å². The zero-order valence-corrected chi connectivity index (χ0v) is 10.5.